The lowest BCUT2D eigenvalue weighted by Crippen LogP contribution is -2.43. The van der Waals surface area contributed by atoms with E-state index in [0.717, 1.165) is 32.2 Å². The molecule has 2 N–H and O–H groups in total. The summed E-state index contributed by atoms with van der Waals surface area (Å²) in [6.07, 6.45) is 0. The monoisotopic (exact) mass is 256 g/mol. The predicted molar refractivity (Wildman–Crippen MR) is 61.5 cm³/mol. The Morgan fingerprint density at radius 3 is 2.56 bits per heavy atom. The minimum Gasteiger partial charge on any atom is -0.478 e. The van der Waals surface area contributed by atoms with Crippen molar-refractivity contribution in [2.75, 3.05) is 26.2 Å². The summed E-state index contributed by atoms with van der Waals surface area (Å²) in [5.74, 6) is -3.80. The van der Waals surface area contributed by atoms with E-state index in [1.54, 1.807) is 0 Å². The van der Waals surface area contributed by atoms with Crippen LogP contribution >= 0.6 is 0 Å². The van der Waals surface area contributed by atoms with Gasteiger partial charge < -0.3 is 10.4 Å². The average Bonchev–Trinajstić information content (AvgIpc) is 2.36. The van der Waals surface area contributed by atoms with Gasteiger partial charge in [0.1, 0.15) is 0 Å². The van der Waals surface area contributed by atoms with Crippen LogP contribution in [0, 0.1) is 11.6 Å². The highest BCUT2D eigenvalue weighted by Gasteiger charge is 2.19. The Kier molecular flexibility index (Phi) is 3.88. The molecule has 98 valence electrons. The fraction of sp³-hybridized carbons (Fsp3) is 0.417. The van der Waals surface area contributed by atoms with Gasteiger partial charge in [-0.25, -0.2) is 13.6 Å². The quantitative estimate of drug-likeness (QED) is 0.849. The highest BCUT2D eigenvalue weighted by atomic mass is 19.2. The van der Waals surface area contributed by atoms with Crippen molar-refractivity contribution in [3.8, 4) is 0 Å². The van der Waals surface area contributed by atoms with Crippen molar-refractivity contribution in [2.45, 2.75) is 6.54 Å². The zero-order valence-electron chi connectivity index (χ0n) is 9.75. The van der Waals surface area contributed by atoms with Crippen LogP contribution in [0.25, 0.3) is 0 Å². The van der Waals surface area contributed by atoms with Gasteiger partial charge in [0.2, 0.25) is 0 Å². The van der Waals surface area contributed by atoms with E-state index < -0.39 is 23.2 Å². The van der Waals surface area contributed by atoms with Gasteiger partial charge in [0.15, 0.2) is 11.6 Å². The van der Waals surface area contributed by atoms with E-state index in [2.05, 4.69) is 5.32 Å². The molecule has 0 radical (unpaired) electrons. The van der Waals surface area contributed by atoms with E-state index in [0.29, 0.717) is 6.54 Å². The second-order valence-corrected chi connectivity index (χ2v) is 4.23. The van der Waals surface area contributed by atoms with Crippen LogP contribution in [0.2, 0.25) is 0 Å². The molecular weight excluding hydrogens is 242 g/mol. The van der Waals surface area contributed by atoms with Gasteiger partial charge >= 0.3 is 5.97 Å². The number of aromatic carboxylic acids is 1. The largest absolute Gasteiger partial charge is 0.478 e. The van der Waals surface area contributed by atoms with E-state index in [-0.39, 0.29) is 5.56 Å². The van der Waals surface area contributed by atoms with Crippen molar-refractivity contribution >= 4 is 5.97 Å². The summed E-state index contributed by atoms with van der Waals surface area (Å²) in [7, 11) is 0. The fourth-order valence-corrected chi connectivity index (χ4v) is 1.99. The van der Waals surface area contributed by atoms with Gasteiger partial charge in [-0.1, -0.05) is 6.07 Å². The molecule has 1 aromatic rings. The first-order valence-corrected chi connectivity index (χ1v) is 5.73. The highest BCUT2D eigenvalue weighted by Crippen LogP contribution is 2.18. The van der Waals surface area contributed by atoms with E-state index in [1.807, 2.05) is 4.90 Å². The number of carboxylic acids is 1. The lowest BCUT2D eigenvalue weighted by atomic mass is 10.1. The van der Waals surface area contributed by atoms with E-state index in [9.17, 15) is 13.6 Å². The summed E-state index contributed by atoms with van der Waals surface area (Å²) in [6, 6.07) is 2.45. The molecule has 1 fully saturated rings. The standard InChI is InChI=1S/C12H14F2N2O2/c13-10-8(7-16-5-3-15-4-6-16)1-2-9(11(10)14)12(17)18/h1-2,15H,3-7H2,(H,17,18). The molecule has 0 unspecified atom stereocenters. The molecule has 0 aromatic heterocycles. The summed E-state index contributed by atoms with van der Waals surface area (Å²) < 4.78 is 27.2. The van der Waals surface area contributed by atoms with Crippen molar-refractivity contribution < 1.29 is 18.7 Å². The molecule has 0 atom stereocenters. The maximum atomic E-state index is 13.7. The van der Waals surface area contributed by atoms with Crippen LogP contribution in [0.5, 0.6) is 0 Å². The zero-order chi connectivity index (χ0) is 13.1. The smallest absolute Gasteiger partial charge is 0.338 e. The lowest BCUT2D eigenvalue weighted by Gasteiger charge is -2.27. The first-order chi connectivity index (χ1) is 8.59. The lowest BCUT2D eigenvalue weighted by molar-refractivity contribution is 0.0690. The van der Waals surface area contributed by atoms with Crippen molar-refractivity contribution in [3.05, 3.63) is 34.9 Å². The summed E-state index contributed by atoms with van der Waals surface area (Å²) in [6.45, 7) is 3.46. The SMILES string of the molecule is O=C(O)c1ccc(CN2CCNCC2)c(F)c1F. The third kappa shape index (κ3) is 2.65. The van der Waals surface area contributed by atoms with Crippen LogP contribution in [-0.4, -0.2) is 42.2 Å². The first-order valence-electron chi connectivity index (χ1n) is 5.73. The molecule has 1 aromatic carbocycles. The Bertz CT molecular complexity index is 460. The van der Waals surface area contributed by atoms with Gasteiger partial charge in [0.05, 0.1) is 5.56 Å². The van der Waals surface area contributed by atoms with Crippen LogP contribution in [0.15, 0.2) is 12.1 Å². The van der Waals surface area contributed by atoms with Gasteiger partial charge in [0.25, 0.3) is 0 Å². The van der Waals surface area contributed by atoms with Gasteiger partial charge in [-0.3, -0.25) is 4.90 Å². The minimum absolute atomic E-state index is 0.194. The number of halogens is 2. The van der Waals surface area contributed by atoms with Crippen LogP contribution < -0.4 is 5.32 Å². The summed E-state index contributed by atoms with van der Waals surface area (Å²) in [5, 5.41) is 11.8. The molecule has 1 aliphatic heterocycles. The molecule has 0 saturated carbocycles. The number of carboxylic acid groups (broad SMARTS) is 1. The number of hydrogen-bond acceptors (Lipinski definition) is 3. The van der Waals surface area contributed by atoms with Crippen LogP contribution in [0.1, 0.15) is 15.9 Å². The van der Waals surface area contributed by atoms with E-state index in [4.69, 9.17) is 5.11 Å². The molecular formula is C12H14F2N2O2. The summed E-state index contributed by atoms with van der Waals surface area (Å²) in [5.41, 5.74) is -0.434. The molecule has 6 heteroatoms. The van der Waals surface area contributed by atoms with E-state index >= 15 is 0 Å². The average molecular weight is 256 g/mol. The Morgan fingerprint density at radius 1 is 1.28 bits per heavy atom. The molecule has 0 aliphatic carbocycles. The number of carbonyl (C=O) groups is 1. The fourth-order valence-electron chi connectivity index (χ4n) is 1.99. The zero-order valence-corrected chi connectivity index (χ0v) is 9.75. The van der Waals surface area contributed by atoms with Crippen LogP contribution in [0.4, 0.5) is 8.78 Å². The molecule has 1 aliphatic rings. The maximum absolute atomic E-state index is 13.7. The third-order valence-electron chi connectivity index (χ3n) is 3.00. The second-order valence-electron chi connectivity index (χ2n) is 4.23. The molecule has 1 saturated heterocycles. The van der Waals surface area contributed by atoms with E-state index in [1.165, 1.54) is 6.07 Å². The number of piperazine rings is 1. The second kappa shape index (κ2) is 5.41. The summed E-state index contributed by atoms with van der Waals surface area (Å²) in [4.78, 5) is 12.6. The van der Waals surface area contributed by atoms with Gasteiger partial charge in [-0.2, -0.15) is 0 Å². The van der Waals surface area contributed by atoms with Crippen LogP contribution in [-0.2, 0) is 6.54 Å². The topological polar surface area (TPSA) is 52.6 Å². The Labute approximate surface area is 103 Å². The third-order valence-corrected chi connectivity index (χ3v) is 3.00. The molecule has 0 bridgehead atoms. The van der Waals surface area contributed by atoms with Crippen LogP contribution in [0.3, 0.4) is 0 Å². The number of benzene rings is 1. The van der Waals surface area contributed by atoms with Gasteiger partial charge in [-0.05, 0) is 6.07 Å². The summed E-state index contributed by atoms with van der Waals surface area (Å²) >= 11 is 0. The minimum atomic E-state index is -1.46. The van der Waals surface area contributed by atoms with Crippen molar-refractivity contribution in [1.29, 1.82) is 0 Å². The first kappa shape index (κ1) is 12.9. The Balaban J connectivity index is 2.18. The maximum Gasteiger partial charge on any atom is 0.338 e. The van der Waals surface area contributed by atoms with Crippen molar-refractivity contribution in [1.82, 2.24) is 10.2 Å². The number of hydrogen-bond donors (Lipinski definition) is 2. The molecule has 4 nitrogen and oxygen atoms in total. The number of rotatable bonds is 3. The Hall–Kier alpha value is -1.53. The number of nitrogens with zero attached hydrogens (tertiary/aromatic N) is 1. The van der Waals surface area contributed by atoms with Crippen molar-refractivity contribution in [3.63, 3.8) is 0 Å². The molecule has 2 rings (SSSR count). The molecule has 18 heavy (non-hydrogen) atoms. The normalized spacial score (nSPS) is 16.8. The molecule has 0 amide bonds. The highest BCUT2D eigenvalue weighted by molar-refractivity contribution is 5.88. The molecule has 1 heterocycles. The predicted octanol–water partition coefficient (Wildman–Crippen LogP) is 1.07. The molecule has 0 spiro atoms. The Morgan fingerprint density at radius 2 is 1.94 bits per heavy atom. The number of nitrogens with one attached hydrogen (secondary N) is 1. The van der Waals surface area contributed by atoms with Crippen molar-refractivity contribution in [2.24, 2.45) is 0 Å². The van der Waals surface area contributed by atoms with Gasteiger partial charge in [0, 0.05) is 38.3 Å². The van der Waals surface area contributed by atoms with Gasteiger partial charge in [-0.15, -0.1) is 0 Å².